The molecule has 0 spiro atoms. The van der Waals surface area contributed by atoms with Crippen LogP contribution in [0.2, 0.25) is 0 Å². The van der Waals surface area contributed by atoms with Crippen molar-refractivity contribution < 1.29 is 13.2 Å². The van der Waals surface area contributed by atoms with Crippen molar-refractivity contribution in [3.8, 4) is 0 Å². The average Bonchev–Trinajstić information content (AvgIpc) is 3.40. The molecule has 4 N–H and O–H groups in total. The molecule has 2 aliphatic rings. The topological polar surface area (TPSA) is 121 Å². The zero-order chi connectivity index (χ0) is 19.1. The Labute approximate surface area is 167 Å². The summed E-state index contributed by atoms with van der Waals surface area (Å²) in [7, 11) is -3.66. The summed E-state index contributed by atoms with van der Waals surface area (Å²) in [5.41, 5.74) is 6.48. The predicted molar refractivity (Wildman–Crippen MR) is 105 cm³/mol. The molecule has 1 amide bonds. The number of sulfonamides is 1. The molecule has 1 aromatic rings. The Kier molecular flexibility index (Phi) is 6.61. The lowest BCUT2D eigenvalue weighted by Crippen LogP contribution is -2.56. The molecule has 0 aromatic carbocycles. The van der Waals surface area contributed by atoms with Crippen molar-refractivity contribution in [2.75, 3.05) is 19.6 Å². The number of rotatable bonds is 6. The number of aryl methyl sites for hydroxylation is 2. The summed E-state index contributed by atoms with van der Waals surface area (Å²) in [5.74, 6) is -0.0165. The molecule has 10 heteroatoms. The zero-order valence-corrected chi connectivity index (χ0v) is 17.8. The second-order valence-corrected chi connectivity index (χ2v) is 9.73. The maximum Gasteiger partial charge on any atom is 0.246 e. The number of hydrogen-bond donors (Lipinski definition) is 3. The van der Waals surface area contributed by atoms with Crippen molar-refractivity contribution >= 4 is 28.3 Å². The van der Waals surface area contributed by atoms with Gasteiger partial charge >= 0.3 is 0 Å². The number of halogens is 1. The van der Waals surface area contributed by atoms with Gasteiger partial charge in [-0.1, -0.05) is 0 Å². The van der Waals surface area contributed by atoms with Gasteiger partial charge in [0.25, 0.3) is 0 Å². The number of aromatic nitrogens is 2. The Bertz CT molecular complexity index is 773. The quantitative estimate of drug-likeness (QED) is 0.637. The normalized spacial score (nSPS) is 23.3. The number of piperidine rings is 1. The first-order valence-corrected chi connectivity index (χ1v) is 10.7. The van der Waals surface area contributed by atoms with E-state index >= 15 is 0 Å². The van der Waals surface area contributed by atoms with E-state index in [0.717, 1.165) is 12.8 Å². The Morgan fingerprint density at radius 2 is 2.04 bits per heavy atom. The third kappa shape index (κ3) is 4.31. The summed E-state index contributed by atoms with van der Waals surface area (Å²) in [6.07, 6.45) is 3.51. The molecule has 154 valence electrons. The van der Waals surface area contributed by atoms with Gasteiger partial charge in [-0.25, -0.2) is 8.42 Å². The van der Waals surface area contributed by atoms with E-state index in [1.54, 1.807) is 13.8 Å². The smallest absolute Gasteiger partial charge is 0.246 e. The highest BCUT2D eigenvalue weighted by molar-refractivity contribution is 7.89. The van der Waals surface area contributed by atoms with Crippen LogP contribution in [0.4, 0.5) is 0 Å². The molecule has 1 saturated carbocycles. The lowest BCUT2D eigenvalue weighted by atomic mass is 9.92. The number of nitrogens with one attached hydrogen (secondary N) is 2. The number of carbonyl (C=O) groups is 1. The molecule has 0 bridgehead atoms. The van der Waals surface area contributed by atoms with E-state index in [1.807, 2.05) is 6.92 Å². The molecule has 2 unspecified atom stereocenters. The Morgan fingerprint density at radius 1 is 1.37 bits per heavy atom. The Hall–Kier alpha value is -1.16. The summed E-state index contributed by atoms with van der Waals surface area (Å²) in [6.45, 7) is 6.37. The van der Waals surface area contributed by atoms with Gasteiger partial charge in [0.2, 0.25) is 15.9 Å². The number of aromatic amines is 1. The van der Waals surface area contributed by atoms with Crippen molar-refractivity contribution in [2.24, 2.45) is 17.6 Å². The second-order valence-electron chi connectivity index (χ2n) is 7.85. The van der Waals surface area contributed by atoms with Crippen LogP contribution in [0.5, 0.6) is 0 Å². The molecule has 3 rings (SSSR count). The summed E-state index contributed by atoms with van der Waals surface area (Å²) in [6, 6.07) is 0. The molecule has 1 aromatic heterocycles. The first-order chi connectivity index (χ1) is 12.2. The maximum atomic E-state index is 13.0. The largest absolute Gasteiger partial charge is 0.349 e. The van der Waals surface area contributed by atoms with Crippen molar-refractivity contribution in [2.45, 2.75) is 56.9 Å². The fourth-order valence-electron chi connectivity index (χ4n) is 3.85. The zero-order valence-electron chi connectivity index (χ0n) is 16.1. The highest BCUT2D eigenvalue weighted by Crippen LogP contribution is 2.39. The fraction of sp³-hybridized carbons (Fsp3) is 0.765. The number of hydrogen-bond acceptors (Lipinski definition) is 5. The Balaban J connectivity index is 0.00000261. The van der Waals surface area contributed by atoms with Gasteiger partial charge in [-0.05, 0) is 52.4 Å². The molecular weight excluding hydrogens is 390 g/mol. The molecule has 2 atom stereocenters. The third-order valence-corrected chi connectivity index (χ3v) is 7.85. The standard InChI is InChI=1S/C17H29N5O3S.ClH/c1-11-15(12(2)21-20-11)26(24,25)22-8-4-5-13(9-22)16(23)19-17(3,10-18)14-6-7-14;/h13-14H,4-10,18H2,1-3H3,(H,19,23)(H,20,21);1H. The van der Waals surface area contributed by atoms with Crippen molar-refractivity contribution in [1.82, 2.24) is 19.8 Å². The van der Waals surface area contributed by atoms with Crippen LogP contribution in [-0.4, -0.2) is 54.0 Å². The van der Waals surface area contributed by atoms with E-state index < -0.39 is 15.6 Å². The minimum atomic E-state index is -3.66. The first kappa shape index (κ1) is 22.1. The fourth-order valence-corrected chi connectivity index (χ4v) is 5.70. The number of carbonyl (C=O) groups excluding carboxylic acids is 1. The van der Waals surface area contributed by atoms with Gasteiger partial charge in [-0.3, -0.25) is 9.89 Å². The number of nitrogens with two attached hydrogens (primary N) is 1. The van der Waals surface area contributed by atoms with Crippen LogP contribution in [0.1, 0.15) is 44.0 Å². The molecule has 27 heavy (non-hydrogen) atoms. The van der Waals surface area contributed by atoms with E-state index in [2.05, 4.69) is 15.5 Å². The minimum Gasteiger partial charge on any atom is -0.349 e. The van der Waals surface area contributed by atoms with Crippen molar-refractivity contribution in [3.05, 3.63) is 11.4 Å². The van der Waals surface area contributed by atoms with Gasteiger partial charge in [0.1, 0.15) is 4.90 Å². The molecule has 8 nitrogen and oxygen atoms in total. The average molecular weight is 420 g/mol. The maximum absolute atomic E-state index is 13.0. The number of amides is 1. The third-order valence-electron chi connectivity index (χ3n) is 5.72. The van der Waals surface area contributed by atoms with Crippen LogP contribution in [-0.2, 0) is 14.8 Å². The highest BCUT2D eigenvalue weighted by atomic mass is 35.5. The molecule has 1 aliphatic heterocycles. The van der Waals surface area contributed by atoms with E-state index in [0.29, 0.717) is 43.2 Å². The predicted octanol–water partition coefficient (Wildman–Crippen LogP) is 1.09. The van der Waals surface area contributed by atoms with Crippen molar-refractivity contribution in [1.29, 1.82) is 0 Å². The summed E-state index contributed by atoms with van der Waals surface area (Å²) >= 11 is 0. The van der Waals surface area contributed by atoms with Crippen LogP contribution in [0.25, 0.3) is 0 Å². The van der Waals surface area contributed by atoms with Crippen LogP contribution in [0.15, 0.2) is 4.90 Å². The first-order valence-electron chi connectivity index (χ1n) is 9.23. The lowest BCUT2D eigenvalue weighted by molar-refractivity contribution is -0.128. The minimum absolute atomic E-state index is 0. The lowest BCUT2D eigenvalue weighted by Gasteiger charge is -2.35. The molecule has 1 aliphatic carbocycles. The van der Waals surface area contributed by atoms with E-state index in [9.17, 15) is 13.2 Å². The van der Waals surface area contributed by atoms with Crippen molar-refractivity contribution in [3.63, 3.8) is 0 Å². The van der Waals surface area contributed by atoms with Crippen LogP contribution < -0.4 is 11.1 Å². The van der Waals surface area contributed by atoms with E-state index in [4.69, 9.17) is 5.73 Å². The number of nitrogens with zero attached hydrogens (tertiary/aromatic N) is 2. The van der Waals surface area contributed by atoms with E-state index in [1.165, 1.54) is 4.31 Å². The molecule has 0 radical (unpaired) electrons. The summed E-state index contributed by atoms with van der Waals surface area (Å²) in [5, 5.41) is 9.82. The van der Waals surface area contributed by atoms with Gasteiger partial charge in [0.15, 0.2) is 0 Å². The molecular formula is C17H30ClN5O3S. The Morgan fingerprint density at radius 3 is 2.56 bits per heavy atom. The molecule has 2 heterocycles. The van der Waals surface area contributed by atoms with Gasteiger partial charge in [0, 0.05) is 19.6 Å². The molecule has 1 saturated heterocycles. The highest BCUT2D eigenvalue weighted by Gasteiger charge is 2.43. The summed E-state index contributed by atoms with van der Waals surface area (Å²) in [4.78, 5) is 13.0. The van der Waals surface area contributed by atoms with E-state index in [-0.39, 0.29) is 35.7 Å². The molecule has 2 fully saturated rings. The van der Waals surface area contributed by atoms with Gasteiger partial charge in [-0.15, -0.1) is 12.4 Å². The monoisotopic (exact) mass is 419 g/mol. The van der Waals surface area contributed by atoms with Crippen LogP contribution >= 0.6 is 12.4 Å². The van der Waals surface area contributed by atoms with Crippen LogP contribution in [0, 0.1) is 25.7 Å². The second kappa shape index (κ2) is 8.06. The van der Waals surface area contributed by atoms with Crippen LogP contribution in [0.3, 0.4) is 0 Å². The van der Waals surface area contributed by atoms with Gasteiger partial charge < -0.3 is 11.1 Å². The SMILES string of the molecule is Cc1n[nH]c(C)c1S(=O)(=O)N1CCCC(C(=O)NC(C)(CN)C2CC2)C1.Cl. The van der Waals surface area contributed by atoms with Gasteiger partial charge in [0.05, 0.1) is 22.8 Å². The van der Waals surface area contributed by atoms with Gasteiger partial charge in [-0.2, -0.15) is 9.40 Å². The number of H-pyrrole nitrogens is 1. The summed E-state index contributed by atoms with van der Waals surface area (Å²) < 4.78 is 27.5.